The average Bonchev–Trinajstić information content (AvgIpc) is 3.19. The minimum atomic E-state index is -0.679. The van der Waals surface area contributed by atoms with Crippen LogP contribution in [0.4, 0.5) is 8.78 Å². The van der Waals surface area contributed by atoms with Crippen LogP contribution in [0.25, 0.3) is 5.69 Å². The van der Waals surface area contributed by atoms with E-state index in [-0.39, 0.29) is 11.6 Å². The number of rotatable bonds is 4. The summed E-state index contributed by atoms with van der Waals surface area (Å²) in [5, 5.41) is 7.43. The standard InChI is InChI=1S/C23H21F2N3O/c1-12-4-3-5-14(13(12)2)11-26-23(29)21-18-9-15-8-17(15)22(18)28(27-21)20-7-6-16(24)10-19(20)25/h3-7,10,15,17H,8-9,11H2,1-2H3,(H,26,29)/t15-,17-/m1/s1. The van der Waals surface area contributed by atoms with Gasteiger partial charge in [-0.2, -0.15) is 5.10 Å². The van der Waals surface area contributed by atoms with Gasteiger partial charge < -0.3 is 5.32 Å². The first kappa shape index (κ1) is 18.0. The lowest BCUT2D eigenvalue weighted by atomic mass is 10.0. The van der Waals surface area contributed by atoms with Crippen molar-refractivity contribution in [2.75, 3.05) is 0 Å². The number of aromatic nitrogens is 2. The summed E-state index contributed by atoms with van der Waals surface area (Å²) < 4.78 is 29.3. The van der Waals surface area contributed by atoms with Gasteiger partial charge >= 0.3 is 0 Å². The van der Waals surface area contributed by atoms with Gasteiger partial charge in [-0.3, -0.25) is 4.79 Å². The molecule has 1 aromatic heterocycles. The highest BCUT2D eigenvalue weighted by Crippen LogP contribution is 2.57. The molecule has 3 aromatic rings. The summed E-state index contributed by atoms with van der Waals surface area (Å²) in [6, 6.07) is 9.45. The van der Waals surface area contributed by atoms with E-state index < -0.39 is 11.6 Å². The van der Waals surface area contributed by atoms with E-state index in [9.17, 15) is 13.6 Å². The van der Waals surface area contributed by atoms with Crippen molar-refractivity contribution in [2.45, 2.75) is 39.2 Å². The van der Waals surface area contributed by atoms with Crippen molar-refractivity contribution < 1.29 is 13.6 Å². The number of nitrogens with one attached hydrogen (secondary N) is 1. The molecule has 2 aromatic carbocycles. The van der Waals surface area contributed by atoms with E-state index >= 15 is 0 Å². The Labute approximate surface area is 167 Å². The van der Waals surface area contributed by atoms with Crippen LogP contribution in [-0.4, -0.2) is 15.7 Å². The molecular formula is C23H21F2N3O. The highest BCUT2D eigenvalue weighted by molar-refractivity contribution is 5.94. The number of halogens is 2. The molecular weight excluding hydrogens is 372 g/mol. The fraction of sp³-hybridized carbons (Fsp3) is 0.304. The van der Waals surface area contributed by atoms with Gasteiger partial charge in [0.2, 0.25) is 0 Å². The van der Waals surface area contributed by atoms with Crippen molar-refractivity contribution in [3.8, 4) is 5.69 Å². The predicted molar refractivity (Wildman–Crippen MR) is 105 cm³/mol. The number of amides is 1. The SMILES string of the molecule is Cc1cccc(CNC(=O)c2nn(-c3ccc(F)cc3F)c3c2C[C@H]2C[C@@H]32)c1C. The van der Waals surface area contributed by atoms with E-state index in [0.29, 0.717) is 24.1 Å². The third-order valence-corrected chi connectivity index (χ3v) is 6.27. The third kappa shape index (κ3) is 2.94. The van der Waals surface area contributed by atoms with Gasteiger partial charge in [0.25, 0.3) is 5.91 Å². The number of hydrogen-bond donors (Lipinski definition) is 1. The van der Waals surface area contributed by atoms with Crippen molar-refractivity contribution in [3.05, 3.63) is 81.7 Å². The Bertz CT molecular complexity index is 1150. The van der Waals surface area contributed by atoms with E-state index in [1.54, 1.807) is 0 Å². The lowest BCUT2D eigenvalue weighted by Gasteiger charge is -2.10. The zero-order valence-electron chi connectivity index (χ0n) is 16.3. The monoisotopic (exact) mass is 393 g/mol. The second-order valence-electron chi connectivity index (χ2n) is 8.07. The van der Waals surface area contributed by atoms with Crippen LogP contribution < -0.4 is 5.32 Å². The molecule has 0 spiro atoms. The van der Waals surface area contributed by atoms with E-state index in [1.165, 1.54) is 22.4 Å². The second-order valence-corrected chi connectivity index (χ2v) is 8.07. The van der Waals surface area contributed by atoms with Gasteiger partial charge in [-0.05, 0) is 61.4 Å². The fourth-order valence-corrected chi connectivity index (χ4v) is 4.40. The molecule has 6 heteroatoms. The van der Waals surface area contributed by atoms with Gasteiger partial charge in [-0.25, -0.2) is 13.5 Å². The number of carbonyl (C=O) groups is 1. The summed E-state index contributed by atoms with van der Waals surface area (Å²) in [7, 11) is 0. The number of carbonyl (C=O) groups excluding carboxylic acids is 1. The van der Waals surface area contributed by atoms with E-state index in [4.69, 9.17) is 0 Å². The quantitative estimate of drug-likeness (QED) is 0.716. The van der Waals surface area contributed by atoms with Crippen molar-refractivity contribution in [3.63, 3.8) is 0 Å². The molecule has 0 unspecified atom stereocenters. The number of hydrogen-bond acceptors (Lipinski definition) is 2. The first-order chi connectivity index (χ1) is 13.9. The summed E-state index contributed by atoms with van der Waals surface area (Å²) in [5.41, 5.74) is 5.71. The van der Waals surface area contributed by atoms with Crippen molar-refractivity contribution in [1.29, 1.82) is 0 Å². The Morgan fingerprint density at radius 2 is 2.07 bits per heavy atom. The van der Waals surface area contributed by atoms with Gasteiger partial charge in [-0.1, -0.05) is 18.2 Å². The highest BCUT2D eigenvalue weighted by Gasteiger charge is 2.50. The maximum absolute atomic E-state index is 14.4. The van der Waals surface area contributed by atoms with Crippen LogP contribution in [0.15, 0.2) is 36.4 Å². The van der Waals surface area contributed by atoms with Gasteiger partial charge in [0.05, 0.1) is 5.69 Å². The molecule has 0 bridgehead atoms. The Morgan fingerprint density at radius 1 is 1.24 bits per heavy atom. The largest absolute Gasteiger partial charge is 0.347 e. The zero-order valence-corrected chi connectivity index (χ0v) is 16.3. The fourth-order valence-electron chi connectivity index (χ4n) is 4.40. The Morgan fingerprint density at radius 3 is 2.86 bits per heavy atom. The highest BCUT2D eigenvalue weighted by atomic mass is 19.1. The minimum Gasteiger partial charge on any atom is -0.347 e. The van der Waals surface area contributed by atoms with Crippen LogP contribution in [0.3, 0.4) is 0 Å². The molecule has 0 aliphatic heterocycles. The molecule has 1 saturated carbocycles. The molecule has 1 heterocycles. The van der Waals surface area contributed by atoms with E-state index in [0.717, 1.165) is 41.3 Å². The Hall–Kier alpha value is -3.02. The van der Waals surface area contributed by atoms with Gasteiger partial charge in [0.15, 0.2) is 11.5 Å². The van der Waals surface area contributed by atoms with E-state index in [1.807, 2.05) is 32.0 Å². The first-order valence-corrected chi connectivity index (χ1v) is 9.84. The van der Waals surface area contributed by atoms with Crippen LogP contribution in [0.1, 0.15) is 50.8 Å². The molecule has 2 aliphatic carbocycles. The predicted octanol–water partition coefficient (Wildman–Crippen LogP) is 4.36. The molecule has 1 fully saturated rings. The summed E-state index contributed by atoms with van der Waals surface area (Å²) in [6.07, 6.45) is 1.82. The molecule has 5 rings (SSSR count). The lowest BCUT2D eigenvalue weighted by molar-refractivity contribution is 0.0944. The van der Waals surface area contributed by atoms with Crippen LogP contribution in [0.2, 0.25) is 0 Å². The second kappa shape index (κ2) is 6.51. The number of benzene rings is 2. The average molecular weight is 393 g/mol. The van der Waals surface area contributed by atoms with Crippen LogP contribution >= 0.6 is 0 Å². The topological polar surface area (TPSA) is 46.9 Å². The summed E-state index contributed by atoms with van der Waals surface area (Å²) in [4.78, 5) is 12.9. The summed E-state index contributed by atoms with van der Waals surface area (Å²) in [6.45, 7) is 4.48. The maximum atomic E-state index is 14.4. The molecule has 29 heavy (non-hydrogen) atoms. The van der Waals surface area contributed by atoms with Crippen molar-refractivity contribution >= 4 is 5.91 Å². The van der Waals surface area contributed by atoms with Crippen molar-refractivity contribution in [2.24, 2.45) is 5.92 Å². The maximum Gasteiger partial charge on any atom is 0.272 e. The Kier molecular flexibility index (Phi) is 4.05. The smallest absolute Gasteiger partial charge is 0.272 e. The molecule has 2 aliphatic rings. The molecule has 148 valence electrons. The summed E-state index contributed by atoms with van der Waals surface area (Å²) >= 11 is 0. The lowest BCUT2D eigenvalue weighted by Crippen LogP contribution is -2.25. The summed E-state index contributed by atoms with van der Waals surface area (Å²) in [5.74, 6) is -0.761. The third-order valence-electron chi connectivity index (χ3n) is 6.27. The first-order valence-electron chi connectivity index (χ1n) is 9.84. The number of fused-ring (bicyclic) bond motifs is 3. The van der Waals surface area contributed by atoms with Crippen LogP contribution in [0, 0.1) is 31.4 Å². The molecule has 2 atom stereocenters. The van der Waals surface area contributed by atoms with Gasteiger partial charge in [0, 0.05) is 24.1 Å². The molecule has 0 radical (unpaired) electrons. The Balaban J connectivity index is 1.47. The normalized spacial score (nSPS) is 19.0. The number of nitrogens with zero attached hydrogens (tertiary/aromatic N) is 2. The van der Waals surface area contributed by atoms with Crippen LogP contribution in [0.5, 0.6) is 0 Å². The van der Waals surface area contributed by atoms with Crippen molar-refractivity contribution in [1.82, 2.24) is 15.1 Å². The van der Waals surface area contributed by atoms with Crippen LogP contribution in [-0.2, 0) is 13.0 Å². The molecule has 1 N–H and O–H groups in total. The zero-order chi connectivity index (χ0) is 20.3. The van der Waals surface area contributed by atoms with Gasteiger partial charge in [0.1, 0.15) is 11.5 Å². The molecule has 4 nitrogen and oxygen atoms in total. The van der Waals surface area contributed by atoms with Gasteiger partial charge in [-0.15, -0.1) is 0 Å². The molecule has 0 saturated heterocycles. The number of aryl methyl sites for hydroxylation is 1. The van der Waals surface area contributed by atoms with E-state index in [2.05, 4.69) is 10.4 Å². The molecule has 1 amide bonds. The minimum absolute atomic E-state index is 0.184.